The number of urea groups is 1. The van der Waals surface area contributed by atoms with Crippen molar-refractivity contribution in [1.82, 2.24) is 30.8 Å². The Labute approximate surface area is 147 Å². The lowest BCUT2D eigenvalue weighted by atomic mass is 10.2. The van der Waals surface area contributed by atoms with E-state index in [1.165, 1.54) is 16.8 Å². The van der Waals surface area contributed by atoms with Gasteiger partial charge in [0.05, 0.1) is 11.4 Å². The Kier molecular flexibility index (Phi) is 5.59. The van der Waals surface area contributed by atoms with Crippen LogP contribution in [-0.2, 0) is 4.79 Å². The number of nitrogens with zero attached hydrogens (tertiary/aromatic N) is 4. The predicted octanol–water partition coefficient (Wildman–Crippen LogP) is 1.66. The first kappa shape index (κ1) is 17.3. The highest BCUT2D eigenvalue weighted by Gasteiger charge is 2.19. The standard InChI is InChI=1S/C15H17FN6O2S/c16-10-4-3-7-12(8-10)22-15(19-20-21-22)25-9-13(23)18-14(24)17-11-5-1-2-6-11/h3-4,7-8,11H,1-2,5-6,9H2,(H2,17,18,23,24). The molecule has 0 aliphatic heterocycles. The number of hydrogen-bond donors (Lipinski definition) is 2. The molecule has 0 atom stereocenters. The Morgan fingerprint density at radius 3 is 2.88 bits per heavy atom. The quantitative estimate of drug-likeness (QED) is 0.783. The molecule has 3 amide bonds. The van der Waals surface area contributed by atoms with Gasteiger partial charge in [-0.2, -0.15) is 4.68 Å². The van der Waals surface area contributed by atoms with Crippen molar-refractivity contribution in [2.45, 2.75) is 36.9 Å². The summed E-state index contributed by atoms with van der Waals surface area (Å²) in [4.78, 5) is 23.7. The van der Waals surface area contributed by atoms with Crippen molar-refractivity contribution in [2.24, 2.45) is 0 Å². The number of tetrazole rings is 1. The number of benzene rings is 1. The highest BCUT2D eigenvalue weighted by Crippen LogP contribution is 2.19. The van der Waals surface area contributed by atoms with Gasteiger partial charge in [0.15, 0.2) is 0 Å². The highest BCUT2D eigenvalue weighted by atomic mass is 32.2. The van der Waals surface area contributed by atoms with Gasteiger partial charge in [0.1, 0.15) is 5.82 Å². The molecule has 1 aromatic heterocycles. The van der Waals surface area contributed by atoms with Crippen LogP contribution in [0.25, 0.3) is 5.69 Å². The summed E-state index contributed by atoms with van der Waals surface area (Å²) in [5.74, 6) is -0.895. The minimum absolute atomic E-state index is 0.0340. The van der Waals surface area contributed by atoms with E-state index in [1.807, 2.05) is 0 Å². The molecule has 25 heavy (non-hydrogen) atoms. The Morgan fingerprint density at radius 1 is 1.32 bits per heavy atom. The molecule has 0 bridgehead atoms. The van der Waals surface area contributed by atoms with Crippen molar-refractivity contribution in [2.75, 3.05) is 5.75 Å². The van der Waals surface area contributed by atoms with Crippen molar-refractivity contribution < 1.29 is 14.0 Å². The van der Waals surface area contributed by atoms with Gasteiger partial charge in [-0.1, -0.05) is 30.7 Å². The topological polar surface area (TPSA) is 102 Å². The average molecular weight is 364 g/mol. The Hall–Kier alpha value is -2.49. The summed E-state index contributed by atoms with van der Waals surface area (Å²) in [7, 11) is 0. The van der Waals surface area contributed by atoms with Gasteiger partial charge in [0, 0.05) is 6.04 Å². The molecule has 0 saturated heterocycles. The van der Waals surface area contributed by atoms with Crippen LogP contribution in [0.3, 0.4) is 0 Å². The first-order valence-electron chi connectivity index (χ1n) is 7.89. The number of amides is 3. The zero-order valence-corrected chi connectivity index (χ0v) is 14.1. The van der Waals surface area contributed by atoms with E-state index in [-0.39, 0.29) is 11.8 Å². The summed E-state index contributed by atoms with van der Waals surface area (Å²) in [5, 5.41) is 16.6. The molecule has 2 aromatic rings. The SMILES string of the molecule is O=C(CSc1nnnn1-c1cccc(F)c1)NC(=O)NC1CCCC1. The fourth-order valence-corrected chi connectivity index (χ4v) is 3.31. The Bertz CT molecular complexity index is 762. The molecule has 132 valence electrons. The number of aromatic nitrogens is 4. The van der Waals surface area contributed by atoms with E-state index in [9.17, 15) is 14.0 Å². The monoisotopic (exact) mass is 364 g/mol. The van der Waals surface area contributed by atoms with Crippen LogP contribution < -0.4 is 10.6 Å². The van der Waals surface area contributed by atoms with Crippen LogP contribution in [0.5, 0.6) is 0 Å². The van der Waals surface area contributed by atoms with Crippen LogP contribution in [0.15, 0.2) is 29.4 Å². The molecule has 1 aliphatic rings. The van der Waals surface area contributed by atoms with Crippen molar-refractivity contribution in [3.63, 3.8) is 0 Å². The number of nitrogens with one attached hydrogen (secondary N) is 2. The van der Waals surface area contributed by atoms with Gasteiger partial charge >= 0.3 is 6.03 Å². The summed E-state index contributed by atoms with van der Waals surface area (Å²) in [6, 6.07) is 5.45. The summed E-state index contributed by atoms with van der Waals surface area (Å²) in [5.41, 5.74) is 0.451. The minimum Gasteiger partial charge on any atom is -0.335 e. The summed E-state index contributed by atoms with van der Waals surface area (Å²) < 4.78 is 14.7. The second kappa shape index (κ2) is 8.06. The number of thioether (sulfide) groups is 1. The van der Waals surface area contributed by atoms with Crippen LogP contribution >= 0.6 is 11.8 Å². The number of rotatable bonds is 5. The van der Waals surface area contributed by atoms with Crippen LogP contribution in [0.2, 0.25) is 0 Å². The number of carbonyl (C=O) groups excluding carboxylic acids is 2. The lowest BCUT2D eigenvalue weighted by Gasteiger charge is -2.12. The van der Waals surface area contributed by atoms with Crippen LogP contribution in [0.4, 0.5) is 9.18 Å². The number of hydrogen-bond acceptors (Lipinski definition) is 6. The molecule has 1 heterocycles. The van der Waals surface area contributed by atoms with E-state index in [2.05, 4.69) is 26.2 Å². The van der Waals surface area contributed by atoms with E-state index in [4.69, 9.17) is 0 Å². The molecule has 1 fully saturated rings. The van der Waals surface area contributed by atoms with Gasteiger partial charge in [-0.25, -0.2) is 9.18 Å². The smallest absolute Gasteiger partial charge is 0.321 e. The molecule has 8 nitrogen and oxygen atoms in total. The summed E-state index contributed by atoms with van der Waals surface area (Å²) in [6.45, 7) is 0. The first-order valence-corrected chi connectivity index (χ1v) is 8.88. The molecular weight excluding hydrogens is 347 g/mol. The van der Waals surface area contributed by atoms with E-state index < -0.39 is 17.8 Å². The molecule has 1 aliphatic carbocycles. The zero-order valence-electron chi connectivity index (χ0n) is 13.3. The van der Waals surface area contributed by atoms with Crippen molar-refractivity contribution in [1.29, 1.82) is 0 Å². The molecule has 10 heteroatoms. The lowest BCUT2D eigenvalue weighted by Crippen LogP contribution is -2.44. The van der Waals surface area contributed by atoms with Crippen LogP contribution in [0, 0.1) is 5.82 Å². The molecule has 0 unspecified atom stereocenters. The van der Waals surface area contributed by atoms with Crippen molar-refractivity contribution in [3.05, 3.63) is 30.1 Å². The van der Waals surface area contributed by atoms with Crippen molar-refractivity contribution >= 4 is 23.7 Å². The first-order chi connectivity index (χ1) is 12.1. The molecule has 0 radical (unpaired) electrons. The molecule has 1 aromatic carbocycles. The molecule has 1 saturated carbocycles. The molecule has 3 rings (SSSR count). The molecule has 0 spiro atoms. The van der Waals surface area contributed by atoms with Gasteiger partial charge < -0.3 is 5.32 Å². The Morgan fingerprint density at radius 2 is 2.12 bits per heavy atom. The number of carbonyl (C=O) groups is 2. The summed E-state index contributed by atoms with van der Waals surface area (Å²) >= 11 is 1.06. The summed E-state index contributed by atoms with van der Waals surface area (Å²) in [6.07, 6.45) is 4.08. The maximum absolute atomic E-state index is 13.3. The van der Waals surface area contributed by atoms with Gasteiger partial charge in [0.2, 0.25) is 11.1 Å². The van der Waals surface area contributed by atoms with E-state index in [1.54, 1.807) is 12.1 Å². The third-order valence-corrected chi connectivity index (χ3v) is 4.69. The van der Waals surface area contributed by atoms with Gasteiger partial charge in [-0.15, -0.1) is 5.10 Å². The van der Waals surface area contributed by atoms with E-state index >= 15 is 0 Å². The van der Waals surface area contributed by atoms with Crippen LogP contribution in [0.1, 0.15) is 25.7 Å². The maximum Gasteiger partial charge on any atom is 0.321 e. The number of imide groups is 1. The normalized spacial score (nSPS) is 14.4. The number of halogens is 1. The predicted molar refractivity (Wildman–Crippen MR) is 88.8 cm³/mol. The van der Waals surface area contributed by atoms with Crippen molar-refractivity contribution in [3.8, 4) is 5.69 Å². The van der Waals surface area contributed by atoms with Gasteiger partial charge in [0.25, 0.3) is 0 Å². The zero-order chi connectivity index (χ0) is 17.6. The average Bonchev–Trinajstić information content (AvgIpc) is 3.24. The second-order valence-electron chi connectivity index (χ2n) is 5.64. The van der Waals surface area contributed by atoms with Gasteiger partial charge in [-0.3, -0.25) is 10.1 Å². The fraction of sp³-hybridized carbons (Fsp3) is 0.400. The lowest BCUT2D eigenvalue weighted by molar-refractivity contribution is -0.117. The van der Waals surface area contributed by atoms with E-state index in [0.717, 1.165) is 37.4 Å². The minimum atomic E-state index is -0.484. The second-order valence-corrected chi connectivity index (χ2v) is 6.59. The largest absolute Gasteiger partial charge is 0.335 e. The molecule has 2 N–H and O–H groups in total. The highest BCUT2D eigenvalue weighted by molar-refractivity contribution is 7.99. The van der Waals surface area contributed by atoms with E-state index in [0.29, 0.717) is 10.8 Å². The maximum atomic E-state index is 13.3. The molecular formula is C15H17FN6O2S. The fourth-order valence-electron chi connectivity index (χ4n) is 2.62. The third kappa shape index (κ3) is 4.75. The Balaban J connectivity index is 1.52. The van der Waals surface area contributed by atoms with Crippen LogP contribution in [-0.4, -0.2) is 43.9 Å². The van der Waals surface area contributed by atoms with Gasteiger partial charge in [-0.05, 0) is 41.5 Å². The third-order valence-electron chi connectivity index (χ3n) is 3.77.